The predicted octanol–water partition coefficient (Wildman–Crippen LogP) is 1.69. The molecule has 1 saturated heterocycles. The predicted molar refractivity (Wildman–Crippen MR) is 60.0 cm³/mol. The summed E-state index contributed by atoms with van der Waals surface area (Å²) in [5.41, 5.74) is 1.33. The zero-order valence-electron chi connectivity index (χ0n) is 9.21. The van der Waals surface area contributed by atoms with Crippen LogP contribution in [0, 0.1) is 0 Å². The molecule has 3 nitrogen and oxygen atoms in total. The molecule has 1 N–H and O–H groups in total. The van der Waals surface area contributed by atoms with Crippen molar-refractivity contribution in [2.24, 2.45) is 0 Å². The van der Waals surface area contributed by atoms with Crippen LogP contribution in [0.15, 0.2) is 6.20 Å². The van der Waals surface area contributed by atoms with E-state index < -0.39 is 0 Å². The molecule has 2 aliphatic rings. The molecule has 0 amide bonds. The van der Waals surface area contributed by atoms with Gasteiger partial charge in [-0.3, -0.25) is 0 Å². The second-order valence-electron chi connectivity index (χ2n) is 4.78. The minimum Gasteiger partial charge on any atom is -0.335 e. The number of hydrogen-bond acceptors (Lipinski definition) is 2. The Labute approximate surface area is 90.9 Å². The van der Waals surface area contributed by atoms with Gasteiger partial charge < -0.3 is 9.88 Å². The zero-order chi connectivity index (χ0) is 10.1. The molecule has 1 aromatic heterocycles. The van der Waals surface area contributed by atoms with Gasteiger partial charge in [0.1, 0.15) is 5.82 Å². The lowest BCUT2D eigenvalue weighted by Crippen LogP contribution is -2.28. The van der Waals surface area contributed by atoms with Crippen LogP contribution in [0.1, 0.15) is 43.1 Å². The zero-order valence-corrected chi connectivity index (χ0v) is 9.21. The van der Waals surface area contributed by atoms with Crippen LogP contribution in [-0.4, -0.2) is 22.6 Å². The summed E-state index contributed by atoms with van der Waals surface area (Å²) in [4.78, 5) is 4.80. The van der Waals surface area contributed by atoms with Gasteiger partial charge in [-0.1, -0.05) is 0 Å². The van der Waals surface area contributed by atoms with E-state index in [1.807, 2.05) is 0 Å². The van der Waals surface area contributed by atoms with Crippen molar-refractivity contribution < 1.29 is 0 Å². The number of rotatable bonds is 1. The highest BCUT2D eigenvalue weighted by molar-refractivity contribution is 5.12. The van der Waals surface area contributed by atoms with Crippen LogP contribution in [-0.2, 0) is 13.0 Å². The average Bonchev–Trinajstić information content (AvgIpc) is 2.74. The molecular weight excluding hydrogens is 186 g/mol. The first-order valence-corrected chi connectivity index (χ1v) is 6.20. The van der Waals surface area contributed by atoms with E-state index in [9.17, 15) is 0 Å². The molecule has 1 atom stereocenters. The van der Waals surface area contributed by atoms with Gasteiger partial charge in [0.2, 0.25) is 0 Å². The lowest BCUT2D eigenvalue weighted by molar-refractivity contribution is 0.455. The van der Waals surface area contributed by atoms with Crippen LogP contribution in [0.5, 0.6) is 0 Å². The van der Waals surface area contributed by atoms with Crippen molar-refractivity contribution in [2.75, 3.05) is 13.1 Å². The standard InChI is InChI=1S/C12H19N3/c1-2-7-15-9-11(14-12(15)5-1)10-4-3-6-13-8-10/h9-10,13H,1-8H2/t10-/m0/s1. The lowest BCUT2D eigenvalue weighted by atomic mass is 9.97. The maximum absolute atomic E-state index is 4.80. The quantitative estimate of drug-likeness (QED) is 0.756. The average molecular weight is 205 g/mol. The van der Waals surface area contributed by atoms with Crippen LogP contribution in [0.2, 0.25) is 0 Å². The fraction of sp³-hybridized carbons (Fsp3) is 0.750. The van der Waals surface area contributed by atoms with Gasteiger partial charge in [-0.2, -0.15) is 0 Å². The number of imidazole rings is 1. The molecule has 15 heavy (non-hydrogen) atoms. The molecule has 0 radical (unpaired) electrons. The maximum atomic E-state index is 4.80. The van der Waals surface area contributed by atoms with Crippen LogP contribution in [0.3, 0.4) is 0 Å². The van der Waals surface area contributed by atoms with Gasteiger partial charge in [0.25, 0.3) is 0 Å². The molecule has 0 saturated carbocycles. The Kier molecular flexibility index (Phi) is 2.49. The van der Waals surface area contributed by atoms with Gasteiger partial charge in [-0.05, 0) is 32.2 Å². The highest BCUT2D eigenvalue weighted by Gasteiger charge is 2.20. The van der Waals surface area contributed by atoms with Crippen molar-refractivity contribution in [1.82, 2.24) is 14.9 Å². The second kappa shape index (κ2) is 3.97. The summed E-state index contributed by atoms with van der Waals surface area (Å²) in [6.07, 6.45) is 8.73. The van der Waals surface area contributed by atoms with Gasteiger partial charge in [0, 0.05) is 31.6 Å². The summed E-state index contributed by atoms with van der Waals surface area (Å²) >= 11 is 0. The first kappa shape index (κ1) is 9.40. The molecule has 3 heterocycles. The Balaban J connectivity index is 1.82. The Hall–Kier alpha value is -0.830. The maximum Gasteiger partial charge on any atom is 0.108 e. The minimum absolute atomic E-state index is 0.664. The largest absolute Gasteiger partial charge is 0.335 e. The van der Waals surface area contributed by atoms with Crippen molar-refractivity contribution >= 4 is 0 Å². The van der Waals surface area contributed by atoms with Crippen LogP contribution >= 0.6 is 0 Å². The normalized spacial score (nSPS) is 26.3. The summed E-state index contributed by atoms with van der Waals surface area (Å²) in [5, 5.41) is 3.46. The summed E-state index contributed by atoms with van der Waals surface area (Å²) in [5.74, 6) is 1.98. The number of hydrogen-bond donors (Lipinski definition) is 1. The minimum atomic E-state index is 0.664. The highest BCUT2D eigenvalue weighted by atomic mass is 15.1. The fourth-order valence-corrected chi connectivity index (χ4v) is 2.74. The molecule has 3 rings (SSSR count). The Bertz CT molecular complexity index is 313. The third kappa shape index (κ3) is 1.81. The Morgan fingerprint density at radius 1 is 1.33 bits per heavy atom. The molecule has 82 valence electrons. The van der Waals surface area contributed by atoms with E-state index in [1.54, 1.807) is 0 Å². The Morgan fingerprint density at radius 3 is 3.13 bits per heavy atom. The molecule has 0 aromatic carbocycles. The molecule has 1 aromatic rings. The van der Waals surface area contributed by atoms with E-state index in [2.05, 4.69) is 16.1 Å². The molecular formula is C12H19N3. The van der Waals surface area contributed by atoms with Crippen LogP contribution in [0.4, 0.5) is 0 Å². The lowest BCUT2D eigenvalue weighted by Gasteiger charge is -2.20. The van der Waals surface area contributed by atoms with Gasteiger partial charge in [0.05, 0.1) is 5.69 Å². The summed E-state index contributed by atoms with van der Waals surface area (Å²) < 4.78 is 2.37. The summed E-state index contributed by atoms with van der Waals surface area (Å²) in [7, 11) is 0. The number of nitrogens with zero attached hydrogens (tertiary/aromatic N) is 2. The molecule has 0 unspecified atom stereocenters. The molecule has 0 spiro atoms. The van der Waals surface area contributed by atoms with E-state index in [-0.39, 0.29) is 0 Å². The van der Waals surface area contributed by atoms with E-state index in [0.29, 0.717) is 5.92 Å². The van der Waals surface area contributed by atoms with Crippen LogP contribution in [0.25, 0.3) is 0 Å². The van der Waals surface area contributed by atoms with Gasteiger partial charge in [-0.25, -0.2) is 4.98 Å². The first-order valence-electron chi connectivity index (χ1n) is 6.20. The number of piperidine rings is 1. The third-order valence-electron chi connectivity index (χ3n) is 3.64. The topological polar surface area (TPSA) is 29.9 Å². The van der Waals surface area contributed by atoms with Crippen molar-refractivity contribution in [3.05, 3.63) is 17.7 Å². The number of nitrogens with one attached hydrogen (secondary N) is 1. The van der Waals surface area contributed by atoms with Gasteiger partial charge >= 0.3 is 0 Å². The number of fused-ring (bicyclic) bond motifs is 1. The monoisotopic (exact) mass is 205 g/mol. The SMILES string of the molecule is c1c([C@H]2CCCNC2)nc2n1CCCC2. The van der Waals surface area contributed by atoms with E-state index in [4.69, 9.17) is 4.98 Å². The van der Waals surface area contributed by atoms with Gasteiger partial charge in [0.15, 0.2) is 0 Å². The highest BCUT2D eigenvalue weighted by Crippen LogP contribution is 2.24. The smallest absolute Gasteiger partial charge is 0.108 e. The molecule has 0 aliphatic carbocycles. The molecule has 1 fully saturated rings. The molecule has 3 heteroatoms. The second-order valence-corrected chi connectivity index (χ2v) is 4.78. The first-order chi connectivity index (χ1) is 7.43. The van der Waals surface area contributed by atoms with E-state index in [0.717, 1.165) is 6.54 Å². The van der Waals surface area contributed by atoms with Crippen molar-refractivity contribution in [1.29, 1.82) is 0 Å². The van der Waals surface area contributed by atoms with Crippen LogP contribution < -0.4 is 5.32 Å². The number of aromatic nitrogens is 2. The number of aryl methyl sites for hydroxylation is 2. The molecule has 0 bridgehead atoms. The van der Waals surface area contributed by atoms with Crippen molar-refractivity contribution in [3.63, 3.8) is 0 Å². The summed E-state index contributed by atoms with van der Waals surface area (Å²) in [6, 6.07) is 0. The molecule has 2 aliphatic heterocycles. The van der Waals surface area contributed by atoms with E-state index in [1.165, 1.54) is 56.7 Å². The fourth-order valence-electron chi connectivity index (χ4n) is 2.74. The van der Waals surface area contributed by atoms with Crippen molar-refractivity contribution in [3.8, 4) is 0 Å². The van der Waals surface area contributed by atoms with Crippen molar-refractivity contribution in [2.45, 2.75) is 44.6 Å². The third-order valence-corrected chi connectivity index (χ3v) is 3.64. The van der Waals surface area contributed by atoms with Gasteiger partial charge in [-0.15, -0.1) is 0 Å². The van der Waals surface area contributed by atoms with E-state index >= 15 is 0 Å². The summed E-state index contributed by atoms with van der Waals surface area (Å²) in [6.45, 7) is 3.49. The Morgan fingerprint density at radius 2 is 2.33 bits per heavy atom.